The first-order valence-electron chi connectivity index (χ1n) is 24.5. The molecule has 2 unspecified atom stereocenters. The van der Waals surface area contributed by atoms with Crippen molar-refractivity contribution in [3.8, 4) is 0 Å². The lowest BCUT2D eigenvalue weighted by Gasteiger charge is -2.25. The van der Waals surface area contributed by atoms with E-state index in [1.165, 1.54) is 276 Å². The average Bonchev–Trinajstić information content (AvgIpc) is 3.10. The average molecular weight is 720 g/mol. The molecule has 0 aromatic heterocycles. The van der Waals surface area contributed by atoms with E-state index in [0.717, 1.165) is 6.42 Å². The van der Waals surface area contributed by atoms with Gasteiger partial charge in [0.2, 0.25) is 0 Å². The Morgan fingerprint density at radius 2 is 0.471 bits per heavy atom. The summed E-state index contributed by atoms with van der Waals surface area (Å²) in [5.41, 5.74) is 5.04. The smallest absolute Gasteiger partial charge is 0.110 e. The maximum Gasteiger partial charge on any atom is 0.110 e. The Kier molecular flexibility index (Phi) is 42.6. The number of unbranched alkanes of at least 4 members (excludes halogenated alkanes) is 39. The molecular weight excluding hydrogens is 619 g/mol. The summed E-state index contributed by atoms with van der Waals surface area (Å²) in [6.07, 6.45) is 62.2. The molecule has 0 aromatic carbocycles. The predicted molar refractivity (Wildman–Crippen MR) is 233 cm³/mol. The second-order valence-electron chi connectivity index (χ2n) is 17.8. The van der Waals surface area contributed by atoms with Gasteiger partial charge in [0.05, 0.1) is 0 Å². The summed E-state index contributed by atoms with van der Waals surface area (Å²) in [5.74, 6) is 0.598. The van der Waals surface area contributed by atoms with Crippen LogP contribution in [0.3, 0.4) is 0 Å². The summed E-state index contributed by atoms with van der Waals surface area (Å²) in [5, 5.41) is 10.3. The first-order valence-corrected chi connectivity index (χ1v) is 24.5. The van der Waals surface area contributed by atoms with Gasteiger partial charge in [0.25, 0.3) is 0 Å². The molecular formula is C49H101NO. The Hall–Kier alpha value is -0.0800. The van der Waals surface area contributed by atoms with Crippen molar-refractivity contribution in [2.45, 2.75) is 309 Å². The molecule has 0 aliphatic rings. The van der Waals surface area contributed by atoms with Crippen LogP contribution in [0.15, 0.2) is 0 Å². The standard InChI is InChI=1S/C49H101NO/c1-4-6-8-10-12-14-16-18-20-22-24-26-28-30-32-34-36-38-40-42-44-46-48(47-49(3,50)51)45-43-41-39-37-35-33-31-29-27-25-23-21-19-17-15-13-11-9-7-5-2/h48,51H,4-47,50H2,1-3H3. The minimum Gasteiger partial charge on any atom is -0.376 e. The number of hydrogen-bond acceptors (Lipinski definition) is 2. The quantitative estimate of drug-likeness (QED) is 0.0486. The zero-order valence-electron chi connectivity index (χ0n) is 36.2. The molecule has 0 saturated carbocycles. The maximum atomic E-state index is 10.3. The monoisotopic (exact) mass is 720 g/mol. The highest BCUT2D eigenvalue weighted by atomic mass is 16.3. The molecule has 0 bridgehead atoms. The van der Waals surface area contributed by atoms with Gasteiger partial charge < -0.3 is 10.8 Å². The Balaban J connectivity index is 3.50. The van der Waals surface area contributed by atoms with Crippen molar-refractivity contribution in [3.63, 3.8) is 0 Å². The lowest BCUT2D eigenvalue weighted by Crippen LogP contribution is -2.37. The first-order chi connectivity index (χ1) is 25.0. The Morgan fingerprint density at radius 1 is 0.314 bits per heavy atom. The molecule has 0 spiro atoms. The molecule has 0 radical (unpaired) electrons. The highest BCUT2D eigenvalue weighted by molar-refractivity contribution is 4.71. The molecule has 0 heterocycles. The van der Waals surface area contributed by atoms with Gasteiger partial charge in [0.1, 0.15) is 5.72 Å². The van der Waals surface area contributed by atoms with Crippen LogP contribution >= 0.6 is 0 Å². The van der Waals surface area contributed by atoms with E-state index < -0.39 is 5.72 Å². The van der Waals surface area contributed by atoms with Crippen LogP contribution in [0, 0.1) is 5.92 Å². The van der Waals surface area contributed by atoms with Crippen LogP contribution in [-0.2, 0) is 0 Å². The Bertz CT molecular complexity index is 612. The summed E-state index contributed by atoms with van der Waals surface area (Å²) in [6, 6.07) is 0. The maximum absolute atomic E-state index is 10.3. The largest absolute Gasteiger partial charge is 0.376 e. The van der Waals surface area contributed by atoms with Gasteiger partial charge >= 0.3 is 0 Å². The van der Waals surface area contributed by atoms with Crippen molar-refractivity contribution < 1.29 is 5.11 Å². The van der Waals surface area contributed by atoms with E-state index in [1.54, 1.807) is 6.92 Å². The molecule has 0 saturated heterocycles. The Morgan fingerprint density at radius 3 is 0.627 bits per heavy atom. The number of rotatable bonds is 45. The van der Waals surface area contributed by atoms with Crippen molar-refractivity contribution >= 4 is 0 Å². The van der Waals surface area contributed by atoms with Gasteiger partial charge in [0.15, 0.2) is 0 Å². The van der Waals surface area contributed by atoms with E-state index in [4.69, 9.17) is 5.73 Å². The number of hydrogen-bond donors (Lipinski definition) is 2. The SMILES string of the molecule is CCCCCCCCCCCCCCCCCCCCCCCC(CCCCCCCCCCCCCCCCCCCCCC)CC(C)(N)O. The molecule has 0 aromatic rings. The molecule has 308 valence electrons. The van der Waals surface area contributed by atoms with Gasteiger partial charge in [-0.25, -0.2) is 0 Å². The molecule has 51 heavy (non-hydrogen) atoms. The van der Waals surface area contributed by atoms with Gasteiger partial charge in [0, 0.05) is 0 Å². The Labute approximate surface area is 324 Å². The van der Waals surface area contributed by atoms with E-state index in [2.05, 4.69) is 13.8 Å². The third-order valence-electron chi connectivity index (χ3n) is 11.9. The molecule has 2 heteroatoms. The van der Waals surface area contributed by atoms with Gasteiger partial charge in [-0.2, -0.15) is 0 Å². The first kappa shape index (κ1) is 50.9. The number of nitrogens with two attached hydrogens (primary N) is 1. The van der Waals surface area contributed by atoms with Gasteiger partial charge in [-0.15, -0.1) is 0 Å². The third-order valence-corrected chi connectivity index (χ3v) is 11.9. The molecule has 3 N–H and O–H groups in total. The topological polar surface area (TPSA) is 46.2 Å². The molecule has 0 rings (SSSR count). The summed E-state index contributed by atoms with van der Waals surface area (Å²) >= 11 is 0. The fourth-order valence-electron chi connectivity index (χ4n) is 8.49. The number of aliphatic hydroxyl groups is 1. The minimum atomic E-state index is -1.01. The van der Waals surface area contributed by atoms with Crippen molar-refractivity contribution in [2.24, 2.45) is 11.7 Å². The zero-order chi connectivity index (χ0) is 37.2. The molecule has 0 amide bonds. The van der Waals surface area contributed by atoms with Crippen LogP contribution in [0.4, 0.5) is 0 Å². The van der Waals surface area contributed by atoms with Gasteiger partial charge in [-0.1, -0.05) is 290 Å². The second kappa shape index (κ2) is 42.7. The summed E-state index contributed by atoms with van der Waals surface area (Å²) in [4.78, 5) is 0. The zero-order valence-corrected chi connectivity index (χ0v) is 36.2. The minimum absolute atomic E-state index is 0.598. The molecule has 2 atom stereocenters. The third kappa shape index (κ3) is 46.0. The highest BCUT2D eigenvalue weighted by Crippen LogP contribution is 2.26. The molecule has 0 aliphatic heterocycles. The summed E-state index contributed by atoms with van der Waals surface area (Å²) in [6.45, 7) is 6.41. The van der Waals surface area contributed by atoms with Crippen LogP contribution in [0.1, 0.15) is 303 Å². The van der Waals surface area contributed by atoms with Gasteiger partial charge in [-0.05, 0) is 19.3 Å². The fraction of sp³-hybridized carbons (Fsp3) is 1.00. The predicted octanol–water partition coefficient (Wildman–Crippen LogP) is 17.5. The second-order valence-corrected chi connectivity index (χ2v) is 17.8. The van der Waals surface area contributed by atoms with E-state index in [0.29, 0.717) is 5.92 Å². The lowest BCUT2D eigenvalue weighted by atomic mass is 9.88. The van der Waals surface area contributed by atoms with E-state index in [1.807, 2.05) is 0 Å². The van der Waals surface area contributed by atoms with E-state index in [9.17, 15) is 5.11 Å². The van der Waals surface area contributed by atoms with E-state index in [-0.39, 0.29) is 0 Å². The van der Waals surface area contributed by atoms with Gasteiger partial charge in [-0.3, -0.25) is 0 Å². The van der Waals surface area contributed by atoms with Crippen molar-refractivity contribution in [2.75, 3.05) is 0 Å². The van der Waals surface area contributed by atoms with Crippen LogP contribution in [-0.4, -0.2) is 10.8 Å². The fourth-order valence-corrected chi connectivity index (χ4v) is 8.49. The summed E-state index contributed by atoms with van der Waals surface area (Å²) < 4.78 is 0. The van der Waals surface area contributed by atoms with Crippen molar-refractivity contribution in [1.82, 2.24) is 0 Å². The molecule has 0 fully saturated rings. The van der Waals surface area contributed by atoms with Crippen LogP contribution in [0.2, 0.25) is 0 Å². The summed E-state index contributed by atoms with van der Waals surface area (Å²) in [7, 11) is 0. The van der Waals surface area contributed by atoms with Crippen LogP contribution < -0.4 is 5.73 Å². The lowest BCUT2D eigenvalue weighted by molar-refractivity contribution is 0.0364. The van der Waals surface area contributed by atoms with Crippen molar-refractivity contribution in [3.05, 3.63) is 0 Å². The molecule has 0 aliphatic carbocycles. The van der Waals surface area contributed by atoms with Crippen molar-refractivity contribution in [1.29, 1.82) is 0 Å². The van der Waals surface area contributed by atoms with E-state index >= 15 is 0 Å². The molecule has 2 nitrogen and oxygen atoms in total. The van der Waals surface area contributed by atoms with Crippen LogP contribution in [0.25, 0.3) is 0 Å². The normalized spacial score (nSPS) is 13.6. The van der Waals surface area contributed by atoms with Crippen LogP contribution in [0.5, 0.6) is 0 Å². The highest BCUT2D eigenvalue weighted by Gasteiger charge is 2.20.